The molecule has 0 saturated heterocycles. The molecule has 0 amide bonds. The quantitative estimate of drug-likeness (QED) is 0.854. The Balaban J connectivity index is 2.08. The lowest BCUT2D eigenvalue weighted by molar-refractivity contribution is 0.646. The van der Waals surface area contributed by atoms with Crippen LogP contribution in [0.1, 0.15) is 37.9 Å². The van der Waals surface area contributed by atoms with Gasteiger partial charge in [-0.25, -0.2) is 4.98 Å². The minimum Gasteiger partial charge on any atom is -0.383 e. The second kappa shape index (κ2) is 5.41. The number of benzene rings is 1. The molecule has 0 aliphatic heterocycles. The highest BCUT2D eigenvalue weighted by atomic mass is 79.9. The van der Waals surface area contributed by atoms with Crippen molar-refractivity contribution in [1.82, 2.24) is 9.55 Å². The van der Waals surface area contributed by atoms with Gasteiger partial charge >= 0.3 is 0 Å². The van der Waals surface area contributed by atoms with E-state index in [0.717, 1.165) is 40.3 Å². The summed E-state index contributed by atoms with van der Waals surface area (Å²) < 4.78 is 3.05. The van der Waals surface area contributed by atoms with Crippen molar-refractivity contribution < 1.29 is 0 Å². The minimum atomic E-state index is 0.591. The Morgan fingerprint density at radius 2 is 2.20 bits per heavy atom. The van der Waals surface area contributed by atoms with Crippen molar-refractivity contribution in [1.29, 1.82) is 0 Å². The van der Waals surface area contributed by atoms with Crippen LogP contribution in [-0.4, -0.2) is 9.55 Å². The first-order valence-corrected chi connectivity index (χ1v) is 8.10. The summed E-state index contributed by atoms with van der Waals surface area (Å²) >= 11 is 9.51. The summed E-state index contributed by atoms with van der Waals surface area (Å²) in [5, 5.41) is 0.697. The first kappa shape index (κ1) is 14.0. The molecule has 0 spiro atoms. The third-order valence-corrected chi connectivity index (χ3v) is 4.83. The lowest BCUT2D eigenvalue weighted by atomic mass is 10.1. The highest BCUT2D eigenvalue weighted by Gasteiger charge is 2.30. The van der Waals surface area contributed by atoms with E-state index in [9.17, 15) is 0 Å². The Labute approximate surface area is 132 Å². The van der Waals surface area contributed by atoms with E-state index < -0.39 is 0 Å². The molecule has 3 rings (SSSR count). The van der Waals surface area contributed by atoms with Crippen LogP contribution >= 0.6 is 27.5 Å². The van der Waals surface area contributed by atoms with Gasteiger partial charge in [-0.3, -0.25) is 0 Å². The van der Waals surface area contributed by atoms with Crippen LogP contribution in [0, 0.1) is 0 Å². The van der Waals surface area contributed by atoms with Gasteiger partial charge in [0.15, 0.2) is 0 Å². The Morgan fingerprint density at radius 1 is 1.45 bits per heavy atom. The van der Waals surface area contributed by atoms with E-state index in [1.165, 1.54) is 12.8 Å². The van der Waals surface area contributed by atoms with Gasteiger partial charge in [0.25, 0.3) is 0 Å². The predicted molar refractivity (Wildman–Crippen MR) is 87.1 cm³/mol. The monoisotopic (exact) mass is 353 g/mol. The molecule has 1 aromatic heterocycles. The molecular formula is C15H17BrClN3. The molecule has 2 N–H and O–H groups in total. The molecule has 0 unspecified atom stereocenters. The number of rotatable bonds is 4. The summed E-state index contributed by atoms with van der Waals surface area (Å²) in [4.78, 5) is 4.81. The van der Waals surface area contributed by atoms with Crippen LogP contribution in [0.4, 0.5) is 5.82 Å². The normalized spacial score (nSPS) is 14.8. The fourth-order valence-electron chi connectivity index (χ4n) is 2.45. The number of hydrogen-bond donors (Lipinski definition) is 1. The summed E-state index contributed by atoms with van der Waals surface area (Å²) in [7, 11) is 0. The molecule has 1 aliphatic carbocycles. The van der Waals surface area contributed by atoms with Crippen molar-refractivity contribution >= 4 is 33.3 Å². The molecule has 0 bridgehead atoms. The van der Waals surface area contributed by atoms with Crippen LogP contribution < -0.4 is 5.73 Å². The number of anilines is 1. The zero-order chi connectivity index (χ0) is 14.3. The molecule has 0 atom stereocenters. The van der Waals surface area contributed by atoms with E-state index in [2.05, 4.69) is 27.4 Å². The average molecular weight is 355 g/mol. The van der Waals surface area contributed by atoms with E-state index in [1.54, 1.807) is 0 Å². The van der Waals surface area contributed by atoms with Crippen molar-refractivity contribution in [2.75, 3.05) is 5.73 Å². The van der Waals surface area contributed by atoms with Crippen LogP contribution in [0.3, 0.4) is 0 Å². The number of hydrogen-bond acceptors (Lipinski definition) is 2. The van der Waals surface area contributed by atoms with E-state index in [4.69, 9.17) is 22.3 Å². The van der Waals surface area contributed by atoms with Gasteiger partial charge in [0.05, 0.1) is 5.02 Å². The van der Waals surface area contributed by atoms with E-state index in [0.29, 0.717) is 10.9 Å². The summed E-state index contributed by atoms with van der Waals surface area (Å²) in [6, 6.07) is 5.82. The fourth-order valence-corrected chi connectivity index (χ4v) is 2.95. The molecule has 1 fully saturated rings. The third-order valence-electron chi connectivity index (χ3n) is 3.62. The summed E-state index contributed by atoms with van der Waals surface area (Å²) in [6.45, 7) is 3.09. The molecule has 3 nitrogen and oxygen atoms in total. The molecule has 20 heavy (non-hydrogen) atoms. The number of aromatic nitrogens is 2. The number of imidazole rings is 1. The SMILES string of the molecule is CCCn1c(C2CC2)nc(-c2ccc(Cl)c(Br)c2)c1N. The molecule has 5 heteroatoms. The molecule has 1 aliphatic rings. The zero-order valence-corrected chi connectivity index (χ0v) is 13.7. The topological polar surface area (TPSA) is 43.8 Å². The van der Waals surface area contributed by atoms with Crippen molar-refractivity contribution in [2.45, 2.75) is 38.6 Å². The Morgan fingerprint density at radius 3 is 2.80 bits per heavy atom. The molecule has 0 radical (unpaired) electrons. The Bertz CT molecular complexity index is 647. The van der Waals surface area contributed by atoms with Crippen molar-refractivity contribution in [2.24, 2.45) is 0 Å². The predicted octanol–water partition coefficient (Wildman–Crippen LogP) is 4.84. The summed E-state index contributed by atoms with van der Waals surface area (Å²) in [5.41, 5.74) is 8.21. The Hall–Kier alpha value is -1.00. The average Bonchev–Trinajstić information content (AvgIpc) is 3.21. The first-order valence-electron chi connectivity index (χ1n) is 6.93. The maximum atomic E-state index is 6.33. The van der Waals surface area contributed by atoms with Gasteiger partial charge in [0.1, 0.15) is 17.3 Å². The standard InChI is InChI=1S/C15H17BrClN3/c1-2-7-20-14(18)13(19-15(20)9-3-4-9)10-5-6-12(17)11(16)8-10/h5-6,8-9H,2-4,7,18H2,1H3. The maximum Gasteiger partial charge on any atom is 0.131 e. The fraction of sp³-hybridized carbons (Fsp3) is 0.400. The zero-order valence-electron chi connectivity index (χ0n) is 11.4. The number of nitrogens with two attached hydrogens (primary N) is 1. The van der Waals surface area contributed by atoms with Gasteiger partial charge in [-0.15, -0.1) is 0 Å². The van der Waals surface area contributed by atoms with Crippen molar-refractivity contribution in [3.63, 3.8) is 0 Å². The molecule has 1 heterocycles. The van der Waals surface area contributed by atoms with Crippen LogP contribution in [0.5, 0.6) is 0 Å². The van der Waals surface area contributed by atoms with Crippen LogP contribution in [0.25, 0.3) is 11.3 Å². The summed E-state index contributed by atoms with van der Waals surface area (Å²) in [6.07, 6.45) is 3.51. The van der Waals surface area contributed by atoms with Crippen molar-refractivity contribution in [3.05, 3.63) is 33.5 Å². The van der Waals surface area contributed by atoms with Crippen LogP contribution in [-0.2, 0) is 6.54 Å². The molecule has 1 aromatic carbocycles. The largest absolute Gasteiger partial charge is 0.383 e. The van der Waals surface area contributed by atoms with E-state index in [-0.39, 0.29) is 0 Å². The van der Waals surface area contributed by atoms with Gasteiger partial charge in [0.2, 0.25) is 0 Å². The molecular weight excluding hydrogens is 338 g/mol. The molecule has 2 aromatic rings. The highest BCUT2D eigenvalue weighted by molar-refractivity contribution is 9.10. The smallest absolute Gasteiger partial charge is 0.131 e. The lowest BCUT2D eigenvalue weighted by Gasteiger charge is -2.07. The second-order valence-electron chi connectivity index (χ2n) is 5.26. The lowest BCUT2D eigenvalue weighted by Crippen LogP contribution is -2.06. The maximum absolute atomic E-state index is 6.33. The van der Waals surface area contributed by atoms with Gasteiger partial charge in [-0.2, -0.15) is 0 Å². The number of halogens is 2. The second-order valence-corrected chi connectivity index (χ2v) is 6.52. The summed E-state index contributed by atoms with van der Waals surface area (Å²) in [5.74, 6) is 2.50. The van der Waals surface area contributed by atoms with E-state index >= 15 is 0 Å². The van der Waals surface area contributed by atoms with Crippen molar-refractivity contribution in [3.8, 4) is 11.3 Å². The van der Waals surface area contributed by atoms with Gasteiger partial charge in [0, 0.05) is 22.5 Å². The highest BCUT2D eigenvalue weighted by Crippen LogP contribution is 2.42. The third kappa shape index (κ3) is 2.47. The minimum absolute atomic E-state index is 0.591. The first-order chi connectivity index (χ1) is 9.61. The number of nitrogen functional groups attached to an aromatic ring is 1. The Kier molecular flexibility index (Phi) is 3.78. The van der Waals surface area contributed by atoms with E-state index in [1.807, 2.05) is 18.2 Å². The van der Waals surface area contributed by atoms with Gasteiger partial charge in [-0.1, -0.05) is 24.6 Å². The van der Waals surface area contributed by atoms with Gasteiger partial charge in [-0.05, 0) is 47.3 Å². The van der Waals surface area contributed by atoms with Crippen LogP contribution in [0.15, 0.2) is 22.7 Å². The van der Waals surface area contributed by atoms with Crippen LogP contribution in [0.2, 0.25) is 5.02 Å². The molecule has 1 saturated carbocycles. The van der Waals surface area contributed by atoms with Gasteiger partial charge < -0.3 is 10.3 Å². The number of nitrogens with zero attached hydrogens (tertiary/aromatic N) is 2. The molecule has 106 valence electrons.